The number of aliphatic hydroxyl groups excluding tert-OH is 1. The van der Waals surface area contributed by atoms with Gasteiger partial charge in [0.25, 0.3) is 0 Å². The number of hydrogen-bond acceptors (Lipinski definition) is 3. The van der Waals surface area contributed by atoms with Crippen molar-refractivity contribution in [2.45, 2.75) is 13.2 Å². The SMILES string of the molecule is C[C@H]1COCOC1O. The Kier molecular flexibility index (Phi) is 1.83. The average molecular weight is 118 g/mol. The number of aliphatic hydroxyl groups is 1. The molecule has 1 rings (SSSR count). The first-order valence-corrected chi connectivity index (χ1v) is 2.68. The van der Waals surface area contributed by atoms with E-state index >= 15 is 0 Å². The molecule has 1 unspecified atom stereocenters. The zero-order chi connectivity index (χ0) is 5.98. The Hall–Kier alpha value is -0.120. The van der Waals surface area contributed by atoms with E-state index in [1.165, 1.54) is 0 Å². The summed E-state index contributed by atoms with van der Waals surface area (Å²) in [5.74, 6) is 0.115. The van der Waals surface area contributed by atoms with Crippen molar-refractivity contribution in [1.29, 1.82) is 0 Å². The van der Waals surface area contributed by atoms with Crippen LogP contribution in [-0.2, 0) is 9.47 Å². The Bertz CT molecular complexity index is 64.1. The van der Waals surface area contributed by atoms with Gasteiger partial charge in [0.05, 0.1) is 6.61 Å². The molecule has 48 valence electrons. The van der Waals surface area contributed by atoms with E-state index in [4.69, 9.17) is 14.6 Å². The van der Waals surface area contributed by atoms with Crippen LogP contribution in [0.2, 0.25) is 0 Å². The van der Waals surface area contributed by atoms with Gasteiger partial charge in [-0.15, -0.1) is 0 Å². The molecule has 8 heavy (non-hydrogen) atoms. The third-order valence-corrected chi connectivity index (χ3v) is 1.19. The lowest BCUT2D eigenvalue weighted by atomic mass is 10.2. The smallest absolute Gasteiger partial charge is 0.162 e. The van der Waals surface area contributed by atoms with Crippen molar-refractivity contribution in [3.63, 3.8) is 0 Å². The van der Waals surface area contributed by atoms with E-state index < -0.39 is 6.29 Å². The topological polar surface area (TPSA) is 38.7 Å². The van der Waals surface area contributed by atoms with Crippen molar-refractivity contribution in [2.75, 3.05) is 13.4 Å². The second-order valence-corrected chi connectivity index (χ2v) is 2.02. The molecule has 0 aliphatic carbocycles. The monoisotopic (exact) mass is 118 g/mol. The van der Waals surface area contributed by atoms with Gasteiger partial charge in [0.2, 0.25) is 0 Å². The maximum Gasteiger partial charge on any atom is 0.162 e. The highest BCUT2D eigenvalue weighted by molar-refractivity contribution is 4.55. The summed E-state index contributed by atoms with van der Waals surface area (Å²) in [6, 6.07) is 0. The van der Waals surface area contributed by atoms with Crippen LogP contribution in [0.1, 0.15) is 6.92 Å². The lowest BCUT2D eigenvalue weighted by Gasteiger charge is -2.24. The highest BCUT2D eigenvalue weighted by Gasteiger charge is 2.18. The summed E-state index contributed by atoms with van der Waals surface area (Å²) < 4.78 is 9.59. The van der Waals surface area contributed by atoms with Crippen molar-refractivity contribution < 1.29 is 14.6 Å². The molecule has 1 aliphatic heterocycles. The second-order valence-electron chi connectivity index (χ2n) is 2.02. The Morgan fingerprint density at radius 2 is 2.38 bits per heavy atom. The molecular weight excluding hydrogens is 108 g/mol. The second kappa shape index (κ2) is 2.44. The van der Waals surface area contributed by atoms with E-state index in [0.29, 0.717) is 6.61 Å². The molecule has 0 spiro atoms. The van der Waals surface area contributed by atoms with Crippen LogP contribution in [0, 0.1) is 5.92 Å². The molecule has 1 heterocycles. The minimum Gasteiger partial charge on any atom is -0.368 e. The third-order valence-electron chi connectivity index (χ3n) is 1.19. The normalized spacial score (nSPS) is 39.8. The van der Waals surface area contributed by atoms with Crippen LogP contribution < -0.4 is 0 Å². The first kappa shape index (κ1) is 6.01. The zero-order valence-corrected chi connectivity index (χ0v) is 4.83. The van der Waals surface area contributed by atoms with Gasteiger partial charge in [-0.3, -0.25) is 0 Å². The van der Waals surface area contributed by atoms with Gasteiger partial charge in [-0.1, -0.05) is 6.92 Å². The largest absolute Gasteiger partial charge is 0.368 e. The molecule has 0 bridgehead atoms. The minimum absolute atomic E-state index is 0.115. The van der Waals surface area contributed by atoms with Crippen LogP contribution in [0.15, 0.2) is 0 Å². The van der Waals surface area contributed by atoms with Gasteiger partial charge < -0.3 is 14.6 Å². The van der Waals surface area contributed by atoms with Crippen molar-refractivity contribution in [3.8, 4) is 0 Å². The molecule has 3 nitrogen and oxygen atoms in total. The standard InChI is InChI=1S/C5H10O3/c1-4-2-7-3-8-5(4)6/h4-6H,2-3H2,1H3/t4-,5?/m0/s1. The Morgan fingerprint density at radius 3 is 2.75 bits per heavy atom. The summed E-state index contributed by atoms with van der Waals surface area (Å²) in [7, 11) is 0. The fourth-order valence-electron chi connectivity index (χ4n) is 0.598. The number of ether oxygens (including phenoxy) is 2. The van der Waals surface area contributed by atoms with Gasteiger partial charge in [0.1, 0.15) is 6.79 Å². The van der Waals surface area contributed by atoms with Crippen LogP contribution in [0.3, 0.4) is 0 Å². The van der Waals surface area contributed by atoms with E-state index in [2.05, 4.69) is 0 Å². The van der Waals surface area contributed by atoms with Gasteiger partial charge in [-0.25, -0.2) is 0 Å². The predicted molar refractivity (Wildman–Crippen MR) is 27.1 cm³/mol. The van der Waals surface area contributed by atoms with Crippen LogP contribution in [0.25, 0.3) is 0 Å². The highest BCUT2D eigenvalue weighted by atomic mass is 16.7. The number of rotatable bonds is 0. The van der Waals surface area contributed by atoms with Crippen LogP contribution in [0.5, 0.6) is 0 Å². The first-order chi connectivity index (χ1) is 3.80. The van der Waals surface area contributed by atoms with Crippen LogP contribution in [0.4, 0.5) is 0 Å². The van der Waals surface area contributed by atoms with Crippen molar-refractivity contribution in [1.82, 2.24) is 0 Å². The molecule has 0 saturated carbocycles. The molecule has 0 aromatic rings. The Morgan fingerprint density at radius 1 is 1.62 bits per heavy atom. The summed E-state index contributed by atoms with van der Waals surface area (Å²) in [4.78, 5) is 0. The average Bonchev–Trinajstić information content (AvgIpc) is 1.77. The molecule has 1 fully saturated rings. The molecule has 0 aromatic carbocycles. The molecular formula is C5H10O3. The highest BCUT2D eigenvalue weighted by Crippen LogP contribution is 2.09. The first-order valence-electron chi connectivity index (χ1n) is 2.68. The van der Waals surface area contributed by atoms with Gasteiger partial charge in [-0.05, 0) is 0 Å². The minimum atomic E-state index is -0.622. The van der Waals surface area contributed by atoms with E-state index in [9.17, 15) is 0 Å². The molecule has 0 amide bonds. The number of hydrogen-bond donors (Lipinski definition) is 1. The van der Waals surface area contributed by atoms with Crippen molar-refractivity contribution >= 4 is 0 Å². The Balaban J connectivity index is 2.28. The Labute approximate surface area is 48.2 Å². The quantitative estimate of drug-likeness (QED) is 0.484. The summed E-state index contributed by atoms with van der Waals surface area (Å²) in [6.07, 6.45) is -0.622. The molecule has 3 heteroatoms. The fraction of sp³-hybridized carbons (Fsp3) is 1.00. The molecule has 0 aromatic heterocycles. The zero-order valence-electron chi connectivity index (χ0n) is 4.83. The molecule has 2 atom stereocenters. The molecule has 0 radical (unpaired) electrons. The van der Waals surface area contributed by atoms with E-state index in [1.807, 2.05) is 6.92 Å². The summed E-state index contributed by atoms with van der Waals surface area (Å²) in [5.41, 5.74) is 0. The lowest BCUT2D eigenvalue weighted by molar-refractivity contribution is -0.240. The van der Waals surface area contributed by atoms with E-state index in [0.717, 1.165) is 0 Å². The summed E-state index contributed by atoms with van der Waals surface area (Å²) in [6.45, 7) is 2.70. The predicted octanol–water partition coefficient (Wildman–Crippen LogP) is -0.0548. The maximum atomic E-state index is 8.88. The van der Waals surface area contributed by atoms with Gasteiger partial charge in [-0.2, -0.15) is 0 Å². The molecule has 1 aliphatic rings. The van der Waals surface area contributed by atoms with Crippen LogP contribution in [-0.4, -0.2) is 24.8 Å². The van der Waals surface area contributed by atoms with E-state index in [1.54, 1.807) is 0 Å². The third kappa shape index (κ3) is 1.18. The maximum absolute atomic E-state index is 8.88. The van der Waals surface area contributed by atoms with Gasteiger partial charge >= 0.3 is 0 Å². The van der Waals surface area contributed by atoms with Crippen molar-refractivity contribution in [2.24, 2.45) is 5.92 Å². The molecule has 1 saturated heterocycles. The summed E-state index contributed by atoms with van der Waals surface area (Å²) >= 11 is 0. The molecule has 1 N–H and O–H groups in total. The van der Waals surface area contributed by atoms with E-state index in [-0.39, 0.29) is 12.7 Å². The van der Waals surface area contributed by atoms with Crippen LogP contribution >= 0.6 is 0 Å². The lowest BCUT2D eigenvalue weighted by Crippen LogP contribution is -2.31. The van der Waals surface area contributed by atoms with Crippen molar-refractivity contribution in [3.05, 3.63) is 0 Å². The summed E-state index contributed by atoms with van der Waals surface area (Å²) in [5, 5.41) is 8.88. The van der Waals surface area contributed by atoms with Gasteiger partial charge in [0.15, 0.2) is 6.29 Å². The van der Waals surface area contributed by atoms with Gasteiger partial charge in [0, 0.05) is 5.92 Å². The fourth-order valence-corrected chi connectivity index (χ4v) is 0.598.